The molecule has 4 nitrogen and oxygen atoms in total. The van der Waals surface area contributed by atoms with E-state index in [9.17, 15) is 4.79 Å². The summed E-state index contributed by atoms with van der Waals surface area (Å²) in [6.45, 7) is 6.41. The number of carbonyl (C=O) groups is 1. The van der Waals surface area contributed by atoms with Crippen molar-refractivity contribution in [2.75, 3.05) is 11.1 Å². The van der Waals surface area contributed by atoms with Crippen LogP contribution in [0.5, 0.6) is 0 Å². The Morgan fingerprint density at radius 1 is 1.08 bits per heavy atom. The Labute approximate surface area is 152 Å². The average Bonchev–Trinajstić information content (AvgIpc) is 2.59. The highest BCUT2D eigenvalue weighted by Gasteiger charge is 2.18. The average molecular weight is 351 g/mol. The maximum atomic E-state index is 12.4. The van der Waals surface area contributed by atoms with Crippen molar-refractivity contribution < 1.29 is 4.79 Å². The predicted molar refractivity (Wildman–Crippen MR) is 104 cm³/mol. The fraction of sp³-hybridized carbons (Fsp3) is 0.250. The van der Waals surface area contributed by atoms with Gasteiger partial charge in [-0.15, -0.1) is 5.10 Å². The lowest BCUT2D eigenvalue weighted by Crippen LogP contribution is -2.19. The van der Waals surface area contributed by atoms with E-state index in [2.05, 4.69) is 42.4 Å². The van der Waals surface area contributed by atoms with Crippen LogP contribution < -0.4 is 5.32 Å². The molecule has 0 aliphatic carbocycles. The van der Waals surface area contributed by atoms with E-state index in [-0.39, 0.29) is 11.3 Å². The number of amides is 1. The first-order valence-corrected chi connectivity index (χ1v) is 9.16. The van der Waals surface area contributed by atoms with Crippen LogP contribution in [0.4, 0.5) is 5.69 Å². The van der Waals surface area contributed by atoms with Crippen LogP contribution in [0.2, 0.25) is 0 Å². The van der Waals surface area contributed by atoms with Crippen molar-refractivity contribution in [3.05, 3.63) is 60.3 Å². The lowest BCUT2D eigenvalue weighted by molar-refractivity contribution is -0.113. The Morgan fingerprint density at radius 3 is 2.60 bits per heavy atom. The zero-order valence-corrected chi connectivity index (χ0v) is 15.4. The molecule has 1 heterocycles. The fourth-order valence-corrected chi connectivity index (χ4v) is 3.46. The van der Waals surface area contributed by atoms with Crippen LogP contribution >= 0.6 is 11.8 Å². The minimum Gasteiger partial charge on any atom is -0.325 e. The molecule has 3 aromatic rings. The molecule has 128 valence electrons. The fourth-order valence-electron chi connectivity index (χ4n) is 2.67. The number of aromatic nitrogens is 2. The molecule has 3 rings (SSSR count). The molecule has 0 atom stereocenters. The third kappa shape index (κ3) is 4.17. The standard InChI is InChI=1S/C20H21N3OS/c1-20(2,3)16-10-6-7-11-17(16)22-18(24)13-25-19-15-9-5-4-8-14(15)12-21-23-19/h4-12H,13H2,1-3H3,(H,22,24). The molecule has 1 amide bonds. The molecule has 5 heteroatoms. The topological polar surface area (TPSA) is 54.9 Å². The van der Waals surface area contributed by atoms with Gasteiger partial charge in [-0.1, -0.05) is 75.0 Å². The number of rotatable bonds is 4. The van der Waals surface area contributed by atoms with Crippen LogP contribution in [0.3, 0.4) is 0 Å². The number of carbonyl (C=O) groups excluding carboxylic acids is 1. The smallest absolute Gasteiger partial charge is 0.234 e. The predicted octanol–water partition coefficient (Wildman–Crippen LogP) is 4.66. The number of hydrogen-bond acceptors (Lipinski definition) is 4. The maximum Gasteiger partial charge on any atom is 0.234 e. The molecule has 1 N–H and O–H groups in total. The van der Waals surface area contributed by atoms with Crippen molar-refractivity contribution >= 4 is 34.1 Å². The highest BCUT2D eigenvalue weighted by atomic mass is 32.2. The van der Waals surface area contributed by atoms with Gasteiger partial charge in [-0.2, -0.15) is 5.10 Å². The summed E-state index contributed by atoms with van der Waals surface area (Å²) in [6.07, 6.45) is 1.74. The molecular formula is C20H21N3OS. The van der Waals surface area contributed by atoms with Crippen molar-refractivity contribution in [3.8, 4) is 0 Å². The van der Waals surface area contributed by atoms with E-state index in [4.69, 9.17) is 0 Å². The van der Waals surface area contributed by atoms with Gasteiger partial charge in [0, 0.05) is 16.5 Å². The van der Waals surface area contributed by atoms with Gasteiger partial charge in [0.05, 0.1) is 11.9 Å². The number of nitrogens with zero attached hydrogens (tertiary/aromatic N) is 2. The van der Waals surface area contributed by atoms with E-state index in [1.165, 1.54) is 11.8 Å². The molecule has 25 heavy (non-hydrogen) atoms. The number of nitrogens with one attached hydrogen (secondary N) is 1. The molecule has 0 fully saturated rings. The number of hydrogen-bond donors (Lipinski definition) is 1. The second kappa shape index (κ2) is 7.23. The summed E-state index contributed by atoms with van der Waals surface area (Å²) >= 11 is 1.40. The van der Waals surface area contributed by atoms with E-state index in [0.29, 0.717) is 5.75 Å². The molecule has 0 spiro atoms. The number of thioether (sulfide) groups is 1. The van der Waals surface area contributed by atoms with Crippen LogP contribution in [-0.4, -0.2) is 21.9 Å². The maximum absolute atomic E-state index is 12.4. The van der Waals surface area contributed by atoms with Gasteiger partial charge in [0.15, 0.2) is 0 Å². The summed E-state index contributed by atoms with van der Waals surface area (Å²) in [5.41, 5.74) is 1.96. The van der Waals surface area contributed by atoms with Crippen LogP contribution in [0.15, 0.2) is 59.8 Å². The second-order valence-electron chi connectivity index (χ2n) is 6.87. The quantitative estimate of drug-likeness (QED) is 0.695. The van der Waals surface area contributed by atoms with Gasteiger partial charge < -0.3 is 5.32 Å². The van der Waals surface area contributed by atoms with Crippen molar-refractivity contribution in [1.82, 2.24) is 10.2 Å². The van der Waals surface area contributed by atoms with Crippen LogP contribution in [0.1, 0.15) is 26.3 Å². The van der Waals surface area contributed by atoms with Gasteiger partial charge in [0.2, 0.25) is 5.91 Å². The van der Waals surface area contributed by atoms with Crippen LogP contribution in [-0.2, 0) is 10.2 Å². The van der Waals surface area contributed by atoms with Gasteiger partial charge in [-0.3, -0.25) is 4.79 Å². The number of anilines is 1. The van der Waals surface area contributed by atoms with Gasteiger partial charge in [-0.25, -0.2) is 0 Å². The molecule has 0 radical (unpaired) electrons. The van der Waals surface area contributed by atoms with Crippen molar-refractivity contribution in [2.45, 2.75) is 31.2 Å². The zero-order chi connectivity index (χ0) is 17.9. The Kier molecular flexibility index (Phi) is 5.04. The number of benzene rings is 2. The number of fused-ring (bicyclic) bond motifs is 1. The first kappa shape index (κ1) is 17.4. The highest BCUT2D eigenvalue weighted by molar-refractivity contribution is 8.00. The highest BCUT2D eigenvalue weighted by Crippen LogP contribution is 2.30. The third-order valence-electron chi connectivity index (χ3n) is 3.89. The molecule has 0 unspecified atom stereocenters. The Balaban J connectivity index is 1.72. The summed E-state index contributed by atoms with van der Waals surface area (Å²) in [5, 5.41) is 14.0. The minimum atomic E-state index is -0.0450. The SMILES string of the molecule is CC(C)(C)c1ccccc1NC(=O)CSc1nncc2ccccc12. The van der Waals surface area contributed by atoms with Crippen molar-refractivity contribution in [1.29, 1.82) is 0 Å². The monoisotopic (exact) mass is 351 g/mol. The molecule has 0 aliphatic rings. The van der Waals surface area contributed by atoms with E-state index in [0.717, 1.165) is 27.0 Å². The summed E-state index contributed by atoms with van der Waals surface area (Å²) in [4.78, 5) is 12.4. The van der Waals surface area contributed by atoms with E-state index in [1.54, 1.807) is 6.20 Å². The second-order valence-corrected chi connectivity index (χ2v) is 7.83. The van der Waals surface area contributed by atoms with Crippen LogP contribution in [0.25, 0.3) is 10.8 Å². The van der Waals surface area contributed by atoms with Gasteiger partial charge in [0.1, 0.15) is 5.03 Å². The molecule has 2 aromatic carbocycles. The number of para-hydroxylation sites is 1. The Bertz CT molecular complexity index is 897. The van der Waals surface area contributed by atoms with Gasteiger partial charge in [-0.05, 0) is 17.0 Å². The van der Waals surface area contributed by atoms with Crippen molar-refractivity contribution in [2.24, 2.45) is 0 Å². The van der Waals surface area contributed by atoms with E-state index >= 15 is 0 Å². The van der Waals surface area contributed by atoms with E-state index in [1.807, 2.05) is 42.5 Å². The lowest BCUT2D eigenvalue weighted by atomic mass is 9.86. The van der Waals surface area contributed by atoms with Gasteiger partial charge in [0.25, 0.3) is 0 Å². The molecule has 0 bridgehead atoms. The van der Waals surface area contributed by atoms with Crippen LogP contribution in [0, 0.1) is 0 Å². The lowest BCUT2D eigenvalue weighted by Gasteiger charge is -2.22. The molecule has 0 aliphatic heterocycles. The normalized spacial score (nSPS) is 11.5. The summed E-state index contributed by atoms with van der Waals surface area (Å²) in [7, 11) is 0. The Morgan fingerprint density at radius 2 is 1.80 bits per heavy atom. The largest absolute Gasteiger partial charge is 0.325 e. The zero-order valence-electron chi connectivity index (χ0n) is 14.6. The summed E-state index contributed by atoms with van der Waals surface area (Å²) in [6, 6.07) is 15.9. The first-order chi connectivity index (χ1) is 11.9. The first-order valence-electron chi connectivity index (χ1n) is 8.18. The van der Waals surface area contributed by atoms with E-state index < -0.39 is 0 Å². The third-order valence-corrected chi connectivity index (χ3v) is 4.87. The Hall–Kier alpha value is -2.40. The minimum absolute atomic E-state index is 0.0296. The summed E-state index contributed by atoms with van der Waals surface area (Å²) < 4.78 is 0. The van der Waals surface area contributed by atoms with Gasteiger partial charge >= 0.3 is 0 Å². The molecule has 0 saturated heterocycles. The molecular weight excluding hydrogens is 330 g/mol. The molecule has 1 aromatic heterocycles. The molecule has 0 saturated carbocycles. The summed E-state index contributed by atoms with van der Waals surface area (Å²) in [5.74, 6) is 0.248. The van der Waals surface area contributed by atoms with Crippen molar-refractivity contribution in [3.63, 3.8) is 0 Å².